The minimum absolute atomic E-state index is 0. The number of carbonyl (C=O) groups is 1. The molecular formula is C16H12N3NaO5S2. The molecule has 134 valence electrons. The number of rotatable bonds is 4. The van der Waals surface area contributed by atoms with Gasteiger partial charge in [0.15, 0.2) is 0 Å². The van der Waals surface area contributed by atoms with Gasteiger partial charge in [0.2, 0.25) is 0 Å². The first kappa shape index (κ1) is 21.5. The second-order valence-corrected chi connectivity index (χ2v) is 7.40. The smallest absolute Gasteiger partial charge is 0.744 e. The quantitative estimate of drug-likeness (QED) is 0.219. The zero-order chi connectivity index (χ0) is 18.9. The molecule has 1 heterocycles. The molecule has 8 nitrogen and oxygen atoms in total. The van der Waals surface area contributed by atoms with Crippen molar-refractivity contribution in [3.05, 3.63) is 46.7 Å². The number of nitrogens with zero attached hydrogens (tertiary/aromatic N) is 2. The predicted molar refractivity (Wildman–Crippen MR) is 96.2 cm³/mol. The van der Waals surface area contributed by atoms with Crippen molar-refractivity contribution in [2.45, 2.75) is 4.90 Å². The molecule has 0 unspecified atom stereocenters. The van der Waals surface area contributed by atoms with Gasteiger partial charge in [0.25, 0.3) is 0 Å². The van der Waals surface area contributed by atoms with E-state index in [9.17, 15) is 17.8 Å². The average Bonchev–Trinajstić information content (AvgIpc) is 3.08. The number of nitrogens with two attached hydrogens (primary N) is 1. The van der Waals surface area contributed by atoms with Crippen LogP contribution in [0.4, 0.5) is 17.1 Å². The van der Waals surface area contributed by atoms with Gasteiger partial charge < -0.3 is 15.0 Å². The van der Waals surface area contributed by atoms with E-state index >= 15 is 0 Å². The zero-order valence-corrected chi connectivity index (χ0v) is 18.0. The van der Waals surface area contributed by atoms with Gasteiger partial charge in [-0.1, -0.05) is 24.3 Å². The summed E-state index contributed by atoms with van der Waals surface area (Å²) in [7, 11) is -3.50. The first-order valence-electron chi connectivity index (χ1n) is 7.17. The molecule has 3 aromatic rings. The van der Waals surface area contributed by atoms with Gasteiger partial charge in [-0.25, -0.2) is 13.2 Å². The summed E-state index contributed by atoms with van der Waals surface area (Å²) in [5, 5.41) is 10.1. The maximum Gasteiger partial charge on any atom is 1.00 e. The van der Waals surface area contributed by atoms with Crippen molar-refractivity contribution in [3.8, 4) is 0 Å². The van der Waals surface area contributed by atoms with E-state index in [1.807, 2.05) is 0 Å². The minimum atomic E-state index is -4.75. The predicted octanol–water partition coefficient (Wildman–Crippen LogP) is 0.594. The van der Waals surface area contributed by atoms with Gasteiger partial charge in [-0.05, 0) is 17.5 Å². The average molecular weight is 413 g/mol. The topological polar surface area (TPSA) is 134 Å². The molecule has 2 N–H and O–H groups in total. The largest absolute Gasteiger partial charge is 1.00 e. The molecule has 0 amide bonds. The molecule has 0 aliphatic rings. The van der Waals surface area contributed by atoms with Gasteiger partial charge in [-0.3, -0.25) is 0 Å². The number of carbonyl (C=O) groups excluding carboxylic acids is 1. The number of thiophene rings is 1. The van der Waals surface area contributed by atoms with Crippen LogP contribution in [0.2, 0.25) is 0 Å². The summed E-state index contributed by atoms with van der Waals surface area (Å²) in [5.41, 5.74) is 6.49. The molecule has 3 rings (SSSR count). The standard InChI is InChI=1S/C16H13N3O5S2.Na/c1-24-16(20)15-11(6-7-25-15)18-19-12-8-13(26(21,22)23)9-4-2-3-5-10(9)14(12)17;/h2-8H,17H2,1H3,(H,21,22,23);/q;+1/p-1. The summed E-state index contributed by atoms with van der Waals surface area (Å²) < 4.78 is 39.4. The van der Waals surface area contributed by atoms with Gasteiger partial charge in [0, 0.05) is 10.8 Å². The number of ether oxygens (including phenoxy) is 1. The molecule has 0 saturated heterocycles. The first-order chi connectivity index (χ1) is 12.3. The molecule has 0 spiro atoms. The van der Waals surface area contributed by atoms with E-state index in [4.69, 9.17) is 5.73 Å². The van der Waals surface area contributed by atoms with Gasteiger partial charge in [-0.15, -0.1) is 21.6 Å². The van der Waals surface area contributed by atoms with E-state index in [2.05, 4.69) is 15.0 Å². The summed E-state index contributed by atoms with van der Waals surface area (Å²) in [5.74, 6) is -0.566. The monoisotopic (exact) mass is 413 g/mol. The summed E-state index contributed by atoms with van der Waals surface area (Å²) in [6.07, 6.45) is 0. The number of fused-ring (bicyclic) bond motifs is 1. The zero-order valence-electron chi connectivity index (χ0n) is 14.4. The number of nitrogen functional groups attached to an aromatic ring is 1. The Balaban J connectivity index is 0.00000261. The summed E-state index contributed by atoms with van der Waals surface area (Å²) >= 11 is 1.13. The van der Waals surface area contributed by atoms with Crippen molar-refractivity contribution >= 4 is 55.3 Å². The Morgan fingerprint density at radius 1 is 1.15 bits per heavy atom. The molecule has 1 aromatic heterocycles. The molecule has 2 aromatic carbocycles. The van der Waals surface area contributed by atoms with Crippen LogP contribution in [-0.2, 0) is 14.9 Å². The van der Waals surface area contributed by atoms with E-state index < -0.39 is 21.0 Å². The fraction of sp³-hybridized carbons (Fsp3) is 0.0625. The number of azo groups is 1. The first-order valence-corrected chi connectivity index (χ1v) is 9.46. The minimum Gasteiger partial charge on any atom is -0.744 e. The molecule has 0 bridgehead atoms. The Labute approximate surface area is 181 Å². The second kappa shape index (κ2) is 8.46. The molecule has 11 heteroatoms. The van der Waals surface area contributed by atoms with Crippen LogP contribution < -0.4 is 35.3 Å². The molecule has 27 heavy (non-hydrogen) atoms. The number of hydrogen-bond donors (Lipinski definition) is 1. The van der Waals surface area contributed by atoms with Gasteiger partial charge in [0.05, 0.1) is 17.7 Å². The maximum atomic E-state index is 11.7. The van der Waals surface area contributed by atoms with E-state index in [1.54, 1.807) is 29.6 Å². The van der Waals surface area contributed by atoms with Crippen LogP contribution >= 0.6 is 11.3 Å². The third-order valence-corrected chi connectivity index (χ3v) is 5.34. The Kier molecular flexibility index (Phi) is 6.73. The Bertz CT molecular complexity index is 1140. The summed E-state index contributed by atoms with van der Waals surface area (Å²) in [4.78, 5) is 11.5. The number of methoxy groups -OCH3 is 1. The number of benzene rings is 2. The van der Waals surface area contributed by atoms with Crippen LogP contribution in [0.3, 0.4) is 0 Å². The van der Waals surface area contributed by atoms with Crippen LogP contribution in [0.1, 0.15) is 9.67 Å². The normalized spacial score (nSPS) is 11.5. The molecular weight excluding hydrogens is 401 g/mol. The van der Waals surface area contributed by atoms with E-state index in [0.29, 0.717) is 5.39 Å². The molecule has 0 aliphatic carbocycles. The molecule has 0 atom stereocenters. The van der Waals surface area contributed by atoms with Gasteiger partial charge in [0.1, 0.15) is 26.4 Å². The number of esters is 1. The van der Waals surface area contributed by atoms with Crippen molar-refractivity contribution in [1.29, 1.82) is 0 Å². The Hall–Kier alpha value is -1.82. The third kappa shape index (κ3) is 4.37. The van der Waals surface area contributed by atoms with Crippen molar-refractivity contribution < 1.29 is 52.1 Å². The molecule has 0 radical (unpaired) electrons. The molecule has 0 aliphatic heterocycles. The van der Waals surface area contributed by atoms with Crippen LogP contribution in [-0.4, -0.2) is 26.0 Å². The van der Waals surface area contributed by atoms with E-state index in [1.165, 1.54) is 13.2 Å². The van der Waals surface area contributed by atoms with Gasteiger partial charge >= 0.3 is 35.5 Å². The summed E-state index contributed by atoms with van der Waals surface area (Å²) in [6, 6.07) is 8.98. The van der Waals surface area contributed by atoms with Crippen molar-refractivity contribution in [2.24, 2.45) is 10.2 Å². The van der Waals surface area contributed by atoms with Crippen molar-refractivity contribution in [2.75, 3.05) is 12.8 Å². The third-order valence-electron chi connectivity index (χ3n) is 3.58. The number of hydrogen-bond acceptors (Lipinski definition) is 9. The fourth-order valence-electron chi connectivity index (χ4n) is 2.37. The fourth-order valence-corrected chi connectivity index (χ4v) is 3.82. The second-order valence-electron chi connectivity index (χ2n) is 5.13. The van der Waals surface area contributed by atoms with Crippen LogP contribution in [0.5, 0.6) is 0 Å². The van der Waals surface area contributed by atoms with Crippen LogP contribution in [0, 0.1) is 0 Å². The molecule has 0 fully saturated rings. The van der Waals surface area contributed by atoms with Crippen LogP contribution in [0.25, 0.3) is 10.8 Å². The SMILES string of the molecule is COC(=O)c1sccc1N=Nc1cc(S(=O)(=O)[O-])c2ccccc2c1N.[Na+]. The van der Waals surface area contributed by atoms with Crippen molar-refractivity contribution in [1.82, 2.24) is 0 Å². The van der Waals surface area contributed by atoms with Crippen LogP contribution in [0.15, 0.2) is 56.9 Å². The van der Waals surface area contributed by atoms with Crippen molar-refractivity contribution in [3.63, 3.8) is 0 Å². The van der Waals surface area contributed by atoms with E-state index in [0.717, 1.165) is 17.4 Å². The Morgan fingerprint density at radius 2 is 1.78 bits per heavy atom. The summed E-state index contributed by atoms with van der Waals surface area (Å²) in [6.45, 7) is 0. The number of anilines is 1. The Morgan fingerprint density at radius 3 is 2.41 bits per heavy atom. The maximum absolute atomic E-state index is 11.7. The molecule has 0 saturated carbocycles. The van der Waals surface area contributed by atoms with Gasteiger partial charge in [-0.2, -0.15) is 0 Å². The van der Waals surface area contributed by atoms with E-state index in [-0.39, 0.29) is 56.9 Å².